The van der Waals surface area contributed by atoms with Gasteiger partial charge >= 0.3 is 0 Å². The summed E-state index contributed by atoms with van der Waals surface area (Å²) in [5, 5.41) is 9.46. The van der Waals surface area contributed by atoms with Gasteiger partial charge in [0.1, 0.15) is 10.8 Å². The van der Waals surface area contributed by atoms with Crippen LogP contribution in [0, 0.1) is 5.53 Å². The fraction of sp³-hybridized carbons (Fsp3) is 0. The quantitative estimate of drug-likeness (QED) is 0.371. The summed E-state index contributed by atoms with van der Waals surface area (Å²) in [6, 6.07) is 7.92. The number of rotatable bonds is 1. The van der Waals surface area contributed by atoms with Crippen LogP contribution in [0.4, 0.5) is 5.82 Å². The molecular weight excluding hydrogens is 258 g/mol. The summed E-state index contributed by atoms with van der Waals surface area (Å²) in [5.41, 5.74) is 8.84. The lowest BCUT2D eigenvalue weighted by atomic mass is 10.3. The number of fused-ring (bicyclic) bond motifs is 2. The predicted molar refractivity (Wildman–Crippen MR) is 68.9 cm³/mol. The fourth-order valence-corrected chi connectivity index (χ4v) is 2.89. The van der Waals surface area contributed by atoms with Gasteiger partial charge in [-0.2, -0.15) is 0 Å². The second kappa shape index (κ2) is 3.90. The van der Waals surface area contributed by atoms with Gasteiger partial charge in [-0.1, -0.05) is 23.7 Å². The molecule has 0 radical (unpaired) electrons. The molecule has 0 unspecified atom stereocenters. The first-order chi connectivity index (χ1) is 8.29. The maximum Gasteiger partial charge on any atom is 0.191 e. The normalized spacial score (nSPS) is 10.9. The van der Waals surface area contributed by atoms with Crippen molar-refractivity contribution in [3.8, 4) is 10.6 Å². The Kier molecular flexibility index (Phi) is 2.38. The molecule has 1 aromatic rings. The first kappa shape index (κ1) is 10.4. The molecule has 1 aromatic carbocycles. The van der Waals surface area contributed by atoms with Crippen molar-refractivity contribution >= 4 is 39.0 Å². The minimum Gasteiger partial charge on any atom is -0.350 e. The van der Waals surface area contributed by atoms with E-state index in [-0.39, 0.29) is 0 Å². The molecule has 0 bridgehead atoms. The number of hydrogen-bond acceptors (Lipinski definition) is 3. The summed E-state index contributed by atoms with van der Waals surface area (Å²) in [4.78, 5) is 4.07. The van der Waals surface area contributed by atoms with Crippen LogP contribution in [0.15, 0.2) is 29.4 Å². The highest BCUT2D eigenvalue weighted by atomic mass is 35.5. The van der Waals surface area contributed by atoms with Crippen molar-refractivity contribution in [3.05, 3.63) is 29.4 Å². The van der Waals surface area contributed by atoms with Gasteiger partial charge in [-0.3, -0.25) is 10.2 Å². The van der Waals surface area contributed by atoms with Gasteiger partial charge < -0.3 is 4.98 Å². The van der Waals surface area contributed by atoms with Crippen molar-refractivity contribution in [2.75, 3.05) is 0 Å². The van der Waals surface area contributed by atoms with E-state index in [9.17, 15) is 0 Å². The molecule has 7 heteroatoms. The molecule has 0 amide bonds. The largest absolute Gasteiger partial charge is 0.350 e. The van der Waals surface area contributed by atoms with Crippen LogP contribution in [0.2, 0.25) is 5.15 Å². The zero-order valence-corrected chi connectivity index (χ0v) is 10.1. The molecule has 0 aromatic heterocycles. The molecule has 0 saturated heterocycles. The van der Waals surface area contributed by atoms with E-state index in [2.05, 4.69) is 20.3 Å². The van der Waals surface area contributed by atoms with E-state index in [1.165, 1.54) is 0 Å². The molecular formula is C10H8ClN5S. The molecule has 5 nitrogen and oxygen atoms in total. The van der Waals surface area contributed by atoms with Crippen molar-refractivity contribution in [2.45, 2.75) is 0 Å². The number of nitrogens with one attached hydrogen (secondary N) is 4. The molecule has 86 valence electrons. The number of benzene rings is 1. The Balaban J connectivity index is 2.50. The standard InChI is InChI=1S/C10H8ClN5S/c11-9-8-7(10(14-12)16-15-9)13-5-3-1-2-4-6(5)17-8/h1-4,12-13,15-16H. The Morgan fingerprint density at radius 3 is 2.88 bits per heavy atom. The van der Waals surface area contributed by atoms with Gasteiger partial charge in [0.25, 0.3) is 0 Å². The summed E-state index contributed by atoms with van der Waals surface area (Å²) < 4.78 is 1.09. The molecule has 0 fully saturated rings. The predicted octanol–water partition coefficient (Wildman–Crippen LogP) is 4.43. The highest BCUT2D eigenvalue weighted by molar-refractivity contribution is 7.22. The van der Waals surface area contributed by atoms with Crippen molar-refractivity contribution in [3.63, 3.8) is 0 Å². The lowest BCUT2D eigenvalue weighted by Crippen LogP contribution is -1.93. The average Bonchev–Trinajstić information content (AvgIpc) is 2.38. The second-order valence-electron chi connectivity index (χ2n) is 3.45. The van der Waals surface area contributed by atoms with Gasteiger partial charge in [-0.15, -0.1) is 16.5 Å². The van der Waals surface area contributed by atoms with Crippen LogP contribution < -0.4 is 0 Å². The zero-order valence-electron chi connectivity index (χ0n) is 8.54. The molecule has 0 spiro atoms. The monoisotopic (exact) mass is 265 g/mol. The van der Waals surface area contributed by atoms with Gasteiger partial charge in [0.15, 0.2) is 5.82 Å². The maximum absolute atomic E-state index is 7.12. The van der Waals surface area contributed by atoms with Gasteiger partial charge in [0, 0.05) is 0 Å². The van der Waals surface area contributed by atoms with Crippen molar-refractivity contribution in [1.82, 2.24) is 15.2 Å². The number of aromatic amines is 3. The van der Waals surface area contributed by atoms with Crippen molar-refractivity contribution < 1.29 is 0 Å². The minimum atomic E-state index is 0.423. The van der Waals surface area contributed by atoms with Crippen LogP contribution in [-0.4, -0.2) is 15.2 Å². The highest BCUT2D eigenvalue weighted by Gasteiger charge is 2.14. The second-order valence-corrected chi connectivity index (χ2v) is 4.88. The average molecular weight is 266 g/mol. The molecule has 4 N–H and O–H groups in total. The van der Waals surface area contributed by atoms with Crippen molar-refractivity contribution in [2.24, 2.45) is 5.11 Å². The van der Waals surface area contributed by atoms with E-state index in [1.807, 2.05) is 24.3 Å². The summed E-state index contributed by atoms with van der Waals surface area (Å²) in [6.45, 7) is 0. The van der Waals surface area contributed by atoms with E-state index in [1.54, 1.807) is 11.3 Å². The molecule has 2 aliphatic rings. The Morgan fingerprint density at radius 1 is 1.24 bits per heavy atom. The van der Waals surface area contributed by atoms with E-state index in [4.69, 9.17) is 17.1 Å². The smallest absolute Gasteiger partial charge is 0.191 e. The Labute approximate surface area is 105 Å². The molecule has 2 aliphatic heterocycles. The van der Waals surface area contributed by atoms with E-state index < -0.39 is 0 Å². The van der Waals surface area contributed by atoms with Crippen LogP contribution in [0.5, 0.6) is 0 Å². The van der Waals surface area contributed by atoms with Crippen molar-refractivity contribution in [1.29, 1.82) is 5.53 Å². The van der Waals surface area contributed by atoms with E-state index in [0.717, 1.165) is 20.8 Å². The molecule has 17 heavy (non-hydrogen) atoms. The van der Waals surface area contributed by atoms with Gasteiger partial charge in [0.2, 0.25) is 0 Å². The third kappa shape index (κ3) is 1.62. The first-order valence-corrected chi connectivity index (χ1v) is 6.07. The summed E-state index contributed by atoms with van der Waals surface area (Å²) in [7, 11) is 0. The number of hydrogen-bond donors (Lipinski definition) is 4. The van der Waals surface area contributed by atoms with Crippen LogP contribution in [-0.2, 0) is 0 Å². The lowest BCUT2D eigenvalue weighted by molar-refractivity contribution is 0.976. The van der Waals surface area contributed by atoms with Gasteiger partial charge in [0.05, 0.1) is 15.1 Å². The molecule has 3 rings (SSSR count). The fourth-order valence-electron chi connectivity index (χ4n) is 1.65. The summed E-state index contributed by atoms with van der Waals surface area (Å²) in [6.07, 6.45) is 0. The SMILES string of the molecule is N=Nc1[nH][nH]c(Cl)c2sc3ccccc3[nH]c1-2. The molecule has 0 saturated carbocycles. The third-order valence-corrected chi connectivity index (χ3v) is 4.01. The Bertz CT molecular complexity index is 702. The molecule has 0 atom stereocenters. The molecule has 0 aliphatic carbocycles. The van der Waals surface area contributed by atoms with E-state index >= 15 is 0 Å². The number of nitrogens with zero attached hydrogens (tertiary/aromatic N) is 1. The highest BCUT2D eigenvalue weighted by Crippen LogP contribution is 2.38. The number of aromatic nitrogens is 3. The van der Waals surface area contributed by atoms with Crippen LogP contribution in [0.25, 0.3) is 20.8 Å². The Hall–Kier alpha value is -1.79. The zero-order chi connectivity index (χ0) is 11.8. The lowest BCUT2D eigenvalue weighted by Gasteiger charge is -2.11. The first-order valence-electron chi connectivity index (χ1n) is 4.87. The summed E-state index contributed by atoms with van der Waals surface area (Å²) >= 11 is 7.64. The number of para-hydroxylation sites is 1. The third-order valence-electron chi connectivity index (χ3n) is 2.42. The number of halogens is 1. The maximum atomic E-state index is 7.12. The van der Waals surface area contributed by atoms with Crippen LogP contribution in [0.3, 0.4) is 0 Å². The number of H-pyrrole nitrogens is 3. The minimum absolute atomic E-state index is 0.423. The summed E-state index contributed by atoms with van der Waals surface area (Å²) in [5.74, 6) is 0.423. The van der Waals surface area contributed by atoms with Gasteiger partial charge in [-0.25, -0.2) is 5.53 Å². The van der Waals surface area contributed by atoms with Crippen LogP contribution in [0.1, 0.15) is 0 Å². The van der Waals surface area contributed by atoms with Gasteiger partial charge in [-0.05, 0) is 12.1 Å². The van der Waals surface area contributed by atoms with Crippen LogP contribution >= 0.6 is 22.9 Å². The molecule has 2 heterocycles. The van der Waals surface area contributed by atoms with E-state index in [0.29, 0.717) is 11.0 Å². The Morgan fingerprint density at radius 2 is 2.06 bits per heavy atom. The topological polar surface area (TPSA) is 83.6 Å².